The topological polar surface area (TPSA) is 8.17 Å². The lowest BCUT2D eigenvalue weighted by molar-refractivity contribution is 1.18. The maximum Gasteiger partial charge on any atom is 0.0541 e. The van der Waals surface area contributed by atoms with Crippen molar-refractivity contribution >= 4 is 82.0 Å². The van der Waals surface area contributed by atoms with Crippen LogP contribution in [0.4, 0.5) is 17.1 Å². The molecule has 2 aromatic heterocycles. The molecule has 0 saturated heterocycles. The molecule has 3 heteroatoms. The van der Waals surface area contributed by atoms with Crippen molar-refractivity contribution in [3.8, 4) is 50.2 Å². The molecule has 1 aliphatic carbocycles. The van der Waals surface area contributed by atoms with Crippen LogP contribution in [0.3, 0.4) is 0 Å². The molecular weight excluding hydrogens is 889 g/mol. The largest absolute Gasteiger partial charge is 0.311 e. The van der Waals surface area contributed by atoms with Gasteiger partial charge in [0.2, 0.25) is 0 Å². The molecule has 338 valence electrons. The summed E-state index contributed by atoms with van der Waals surface area (Å²) in [6.07, 6.45) is 3.30. The van der Waals surface area contributed by atoms with E-state index in [9.17, 15) is 0 Å². The molecule has 0 unspecified atom stereocenters. The Hall–Kier alpha value is -9.02. The molecule has 2 nitrogen and oxygen atoms in total. The summed E-state index contributed by atoms with van der Waals surface area (Å²) in [5.74, 6) is 0. The number of para-hydroxylation sites is 2. The van der Waals surface area contributed by atoms with E-state index in [1.54, 1.807) is 0 Å². The monoisotopic (exact) mass is 934 g/mol. The number of hydrogen-bond donors (Lipinski definition) is 0. The molecule has 0 spiro atoms. The van der Waals surface area contributed by atoms with Crippen molar-refractivity contribution in [1.29, 1.82) is 0 Å². The van der Waals surface area contributed by atoms with Crippen LogP contribution in [0.2, 0.25) is 0 Å². The van der Waals surface area contributed by atoms with Crippen molar-refractivity contribution in [2.24, 2.45) is 0 Å². The van der Waals surface area contributed by atoms with Crippen LogP contribution in [0, 0.1) is 0 Å². The van der Waals surface area contributed by atoms with Crippen molar-refractivity contribution in [3.05, 3.63) is 278 Å². The highest BCUT2D eigenvalue weighted by atomic mass is 32.1. The smallest absolute Gasteiger partial charge is 0.0541 e. The van der Waals surface area contributed by atoms with Crippen LogP contribution in [0.5, 0.6) is 0 Å². The summed E-state index contributed by atoms with van der Waals surface area (Å²) in [6, 6.07) is 95.7. The lowest BCUT2D eigenvalue weighted by atomic mass is 9.98. The minimum Gasteiger partial charge on any atom is -0.311 e. The second kappa shape index (κ2) is 17.4. The third-order valence-corrected chi connectivity index (χ3v) is 15.8. The fourth-order valence-corrected chi connectivity index (χ4v) is 12.1. The molecular formula is C69H46N2S. The molecule has 2 heterocycles. The Kier molecular flexibility index (Phi) is 10.1. The zero-order valence-electron chi connectivity index (χ0n) is 39.4. The van der Waals surface area contributed by atoms with Crippen LogP contribution in [-0.4, -0.2) is 4.57 Å². The van der Waals surface area contributed by atoms with E-state index in [0.717, 1.165) is 23.5 Å². The fourth-order valence-electron chi connectivity index (χ4n) is 11.0. The number of hydrogen-bond acceptors (Lipinski definition) is 2. The molecule has 0 saturated carbocycles. The van der Waals surface area contributed by atoms with E-state index in [-0.39, 0.29) is 0 Å². The van der Waals surface area contributed by atoms with Crippen LogP contribution >= 0.6 is 11.3 Å². The maximum absolute atomic E-state index is 2.37. The van der Waals surface area contributed by atoms with Gasteiger partial charge >= 0.3 is 0 Å². The van der Waals surface area contributed by atoms with Gasteiger partial charge in [-0.15, -0.1) is 11.3 Å². The van der Waals surface area contributed by atoms with E-state index in [2.05, 4.69) is 276 Å². The van der Waals surface area contributed by atoms with Gasteiger partial charge in [0.1, 0.15) is 0 Å². The summed E-state index contributed by atoms with van der Waals surface area (Å²) in [5, 5.41) is 5.17. The Balaban J connectivity index is 0.756. The van der Waals surface area contributed by atoms with E-state index in [0.29, 0.717) is 0 Å². The highest BCUT2D eigenvalue weighted by Crippen LogP contribution is 2.41. The van der Waals surface area contributed by atoms with Gasteiger partial charge in [-0.25, -0.2) is 0 Å². The molecule has 72 heavy (non-hydrogen) atoms. The molecule has 0 N–H and O–H groups in total. The second-order valence-electron chi connectivity index (χ2n) is 18.9. The third-order valence-electron chi connectivity index (χ3n) is 14.7. The normalized spacial score (nSPS) is 12.2. The van der Waals surface area contributed by atoms with Gasteiger partial charge in [-0.1, -0.05) is 182 Å². The van der Waals surface area contributed by atoms with E-state index >= 15 is 0 Å². The summed E-state index contributed by atoms with van der Waals surface area (Å²) in [5.41, 5.74) is 21.9. The van der Waals surface area contributed by atoms with Gasteiger partial charge < -0.3 is 9.47 Å². The minimum atomic E-state index is 0.959. The number of nitrogens with zero attached hydrogens (tertiary/aromatic N) is 2. The molecule has 0 amide bonds. The van der Waals surface area contributed by atoms with Crippen molar-refractivity contribution in [2.75, 3.05) is 4.90 Å². The standard InChI is InChI=1S/C69H46N2S/c1-2-12-58(13-3-1)71-66-16-8-6-14-62(66)64-44-55(32-40-67(64)71)50-22-18-46(19-23-50)48-26-34-59(35-27-48)70(61-38-30-52(31-39-61)57-42-53-10-4-5-11-54(53)43-57)60-36-28-49(29-37-60)47-20-24-51(25-21-47)56-33-41-69-65(45-56)63-15-7-9-17-68(63)72-69/h1-42,44-45H,43H2. The predicted octanol–water partition coefficient (Wildman–Crippen LogP) is 19.4. The summed E-state index contributed by atoms with van der Waals surface area (Å²) < 4.78 is 5.03. The van der Waals surface area contributed by atoms with E-state index in [1.165, 1.54) is 114 Å². The molecule has 1 aliphatic rings. The van der Waals surface area contributed by atoms with E-state index < -0.39 is 0 Å². The van der Waals surface area contributed by atoms with Crippen LogP contribution < -0.4 is 4.90 Å². The van der Waals surface area contributed by atoms with Gasteiger partial charge in [0, 0.05) is 53.7 Å². The van der Waals surface area contributed by atoms with Crippen molar-refractivity contribution in [2.45, 2.75) is 6.42 Å². The summed E-state index contributed by atoms with van der Waals surface area (Å²) >= 11 is 1.86. The second-order valence-corrected chi connectivity index (χ2v) is 20.0. The van der Waals surface area contributed by atoms with Crippen molar-refractivity contribution in [1.82, 2.24) is 4.57 Å². The first-order chi connectivity index (χ1) is 35.6. The number of rotatable bonds is 9. The molecule has 0 bridgehead atoms. The zero-order chi connectivity index (χ0) is 47.5. The van der Waals surface area contributed by atoms with Crippen LogP contribution in [0.25, 0.3) is 104 Å². The molecule has 0 aliphatic heterocycles. The number of aromatic nitrogens is 1. The highest BCUT2D eigenvalue weighted by molar-refractivity contribution is 7.25. The van der Waals surface area contributed by atoms with Gasteiger partial charge in [-0.05, 0) is 158 Å². The van der Waals surface area contributed by atoms with Gasteiger partial charge in [0.15, 0.2) is 0 Å². The van der Waals surface area contributed by atoms with Gasteiger partial charge in [0.05, 0.1) is 11.0 Å². The highest BCUT2D eigenvalue weighted by Gasteiger charge is 2.18. The number of thiophene rings is 1. The number of anilines is 3. The number of benzene rings is 11. The quantitative estimate of drug-likeness (QED) is 0.140. The first-order valence-electron chi connectivity index (χ1n) is 24.8. The fraction of sp³-hybridized carbons (Fsp3) is 0.0145. The SMILES string of the molecule is C1=C(c2ccc(N(c3ccc(-c4ccc(-c5ccc6sc7ccccc7c6c5)cc4)cc3)c3ccc(-c4ccc(-c5ccc6c(c5)c5ccccc5n6-c5ccccc5)cc4)cc3)cc2)Cc2ccccc21. The molecule has 14 rings (SSSR count). The van der Waals surface area contributed by atoms with Crippen LogP contribution in [0.1, 0.15) is 16.7 Å². The molecule has 0 atom stereocenters. The molecule has 0 fully saturated rings. The Bertz CT molecular complexity index is 4180. The average Bonchev–Trinajstić information content (AvgIpc) is 4.16. The molecule has 0 radical (unpaired) electrons. The predicted molar refractivity (Wildman–Crippen MR) is 308 cm³/mol. The van der Waals surface area contributed by atoms with Gasteiger partial charge in [0.25, 0.3) is 0 Å². The Morgan fingerprint density at radius 2 is 0.764 bits per heavy atom. The van der Waals surface area contributed by atoms with Crippen LogP contribution in [-0.2, 0) is 6.42 Å². The zero-order valence-corrected chi connectivity index (χ0v) is 40.2. The summed E-state index contributed by atoms with van der Waals surface area (Å²) in [7, 11) is 0. The first-order valence-corrected chi connectivity index (χ1v) is 25.6. The van der Waals surface area contributed by atoms with Crippen molar-refractivity contribution in [3.63, 3.8) is 0 Å². The van der Waals surface area contributed by atoms with Gasteiger partial charge in [-0.3, -0.25) is 0 Å². The minimum absolute atomic E-state index is 0.959. The number of fused-ring (bicyclic) bond motifs is 7. The number of allylic oxidation sites excluding steroid dienone is 1. The maximum atomic E-state index is 2.37. The third kappa shape index (κ3) is 7.42. The lowest BCUT2D eigenvalue weighted by Crippen LogP contribution is -2.10. The van der Waals surface area contributed by atoms with Gasteiger partial charge in [-0.2, -0.15) is 0 Å². The lowest BCUT2D eigenvalue weighted by Gasteiger charge is -2.26. The molecule has 11 aromatic carbocycles. The van der Waals surface area contributed by atoms with Crippen LogP contribution in [0.15, 0.2) is 261 Å². The summed E-state index contributed by atoms with van der Waals surface area (Å²) in [4.78, 5) is 2.37. The summed E-state index contributed by atoms with van der Waals surface area (Å²) in [6.45, 7) is 0. The van der Waals surface area contributed by atoms with Crippen molar-refractivity contribution < 1.29 is 0 Å². The molecule has 13 aromatic rings. The average molecular weight is 935 g/mol. The first kappa shape index (κ1) is 41.9. The van der Waals surface area contributed by atoms with E-state index in [1.807, 2.05) is 11.3 Å². The Labute approximate surface area is 423 Å². The van der Waals surface area contributed by atoms with E-state index in [4.69, 9.17) is 0 Å². The Morgan fingerprint density at radius 1 is 0.319 bits per heavy atom. The Morgan fingerprint density at radius 3 is 1.39 bits per heavy atom.